The Balaban J connectivity index is 1.51. The average molecular weight is 376 g/mol. The molecule has 2 aliphatic heterocycles. The quantitative estimate of drug-likeness (QED) is 0.821. The van der Waals surface area contributed by atoms with Crippen LogP contribution in [0.4, 0.5) is 0 Å². The van der Waals surface area contributed by atoms with Crippen LogP contribution in [0.25, 0.3) is 0 Å². The highest BCUT2D eigenvalue weighted by Gasteiger charge is 2.37. The van der Waals surface area contributed by atoms with Crippen LogP contribution in [-0.4, -0.2) is 77.0 Å². The van der Waals surface area contributed by atoms with Gasteiger partial charge in [-0.1, -0.05) is 13.8 Å². The molecule has 3 rings (SSSR count). The van der Waals surface area contributed by atoms with Crippen LogP contribution >= 0.6 is 0 Å². The molecule has 0 aliphatic carbocycles. The molecule has 0 aromatic carbocycles. The third-order valence-electron chi connectivity index (χ3n) is 5.51. The third-order valence-corrected chi connectivity index (χ3v) is 5.51. The van der Waals surface area contributed by atoms with Crippen molar-refractivity contribution in [3.8, 4) is 0 Å². The Kier molecular flexibility index (Phi) is 6.19. The standard InChI is InChI=1S/C20H33N5O2/c1-14(2)11-25-12-16(9-19(25)26)20(27)24-7-5-15(6-8-24)18-10-17(21-22-18)13-23(3)4/h10,14-16H,5-9,11-13H2,1-4H3,(H,21,22). The zero-order valence-corrected chi connectivity index (χ0v) is 17.1. The van der Waals surface area contributed by atoms with E-state index in [1.54, 1.807) is 0 Å². The first-order valence-corrected chi connectivity index (χ1v) is 10.1. The number of aromatic amines is 1. The highest BCUT2D eigenvalue weighted by molar-refractivity contribution is 5.89. The van der Waals surface area contributed by atoms with E-state index < -0.39 is 0 Å². The number of H-pyrrole nitrogens is 1. The molecule has 7 heteroatoms. The van der Waals surface area contributed by atoms with E-state index in [1.807, 2.05) is 23.9 Å². The summed E-state index contributed by atoms with van der Waals surface area (Å²) < 4.78 is 0. The number of hydrogen-bond acceptors (Lipinski definition) is 4. The van der Waals surface area contributed by atoms with Crippen LogP contribution in [0.2, 0.25) is 0 Å². The number of rotatable bonds is 6. The van der Waals surface area contributed by atoms with Crippen LogP contribution in [-0.2, 0) is 16.1 Å². The Morgan fingerprint density at radius 1 is 1.33 bits per heavy atom. The van der Waals surface area contributed by atoms with Gasteiger partial charge in [-0.25, -0.2) is 0 Å². The van der Waals surface area contributed by atoms with Crippen LogP contribution < -0.4 is 0 Å². The number of hydrogen-bond donors (Lipinski definition) is 1. The molecule has 150 valence electrons. The van der Waals surface area contributed by atoms with Gasteiger partial charge in [-0.2, -0.15) is 5.10 Å². The number of nitrogens with one attached hydrogen (secondary N) is 1. The fourth-order valence-electron chi connectivity index (χ4n) is 4.22. The van der Waals surface area contributed by atoms with Gasteiger partial charge in [-0.05, 0) is 38.9 Å². The van der Waals surface area contributed by atoms with Gasteiger partial charge in [0.15, 0.2) is 0 Å². The van der Waals surface area contributed by atoms with Gasteiger partial charge in [0.05, 0.1) is 11.6 Å². The first-order valence-electron chi connectivity index (χ1n) is 10.1. The smallest absolute Gasteiger partial charge is 0.227 e. The van der Waals surface area contributed by atoms with E-state index >= 15 is 0 Å². The van der Waals surface area contributed by atoms with Crippen molar-refractivity contribution in [2.24, 2.45) is 11.8 Å². The van der Waals surface area contributed by atoms with Crippen molar-refractivity contribution in [1.82, 2.24) is 24.9 Å². The maximum absolute atomic E-state index is 12.9. The number of aromatic nitrogens is 2. The number of likely N-dealkylation sites (tertiary alicyclic amines) is 2. The van der Waals surface area contributed by atoms with E-state index in [0.29, 0.717) is 24.8 Å². The van der Waals surface area contributed by atoms with E-state index in [4.69, 9.17) is 0 Å². The summed E-state index contributed by atoms with van der Waals surface area (Å²) in [5, 5.41) is 7.60. The molecule has 1 unspecified atom stereocenters. The van der Waals surface area contributed by atoms with E-state index in [1.165, 1.54) is 0 Å². The number of carbonyl (C=O) groups excluding carboxylic acids is 2. The molecule has 2 saturated heterocycles. The van der Waals surface area contributed by atoms with Crippen molar-refractivity contribution in [3.05, 3.63) is 17.5 Å². The number of nitrogens with zero attached hydrogens (tertiary/aromatic N) is 4. The highest BCUT2D eigenvalue weighted by atomic mass is 16.2. The summed E-state index contributed by atoms with van der Waals surface area (Å²) in [6.45, 7) is 7.91. The molecule has 0 saturated carbocycles. The number of carbonyl (C=O) groups is 2. The summed E-state index contributed by atoms with van der Waals surface area (Å²) in [5.41, 5.74) is 2.24. The predicted molar refractivity (Wildman–Crippen MR) is 104 cm³/mol. The van der Waals surface area contributed by atoms with Crippen LogP contribution in [0.1, 0.15) is 50.4 Å². The molecule has 2 amide bonds. The van der Waals surface area contributed by atoms with Gasteiger partial charge in [-0.15, -0.1) is 0 Å². The Hall–Kier alpha value is -1.89. The second kappa shape index (κ2) is 8.42. The van der Waals surface area contributed by atoms with Gasteiger partial charge in [0.25, 0.3) is 0 Å². The molecule has 1 aromatic heterocycles. The molecular weight excluding hydrogens is 342 g/mol. The van der Waals surface area contributed by atoms with Gasteiger partial charge < -0.3 is 14.7 Å². The zero-order chi connectivity index (χ0) is 19.6. The maximum atomic E-state index is 12.9. The van der Waals surface area contributed by atoms with Gasteiger partial charge in [0.1, 0.15) is 0 Å². The van der Waals surface area contributed by atoms with Crippen LogP contribution in [0.3, 0.4) is 0 Å². The fourth-order valence-corrected chi connectivity index (χ4v) is 4.22. The Morgan fingerprint density at radius 2 is 2.04 bits per heavy atom. The topological polar surface area (TPSA) is 72.5 Å². The van der Waals surface area contributed by atoms with Crippen molar-refractivity contribution in [2.75, 3.05) is 40.3 Å². The predicted octanol–water partition coefficient (Wildman–Crippen LogP) is 1.68. The molecule has 27 heavy (non-hydrogen) atoms. The lowest BCUT2D eigenvalue weighted by Crippen LogP contribution is -2.42. The minimum Gasteiger partial charge on any atom is -0.342 e. The Labute approximate surface area is 162 Å². The lowest BCUT2D eigenvalue weighted by molar-refractivity contribution is -0.136. The largest absolute Gasteiger partial charge is 0.342 e. The van der Waals surface area contributed by atoms with Crippen molar-refractivity contribution < 1.29 is 9.59 Å². The normalized spacial score (nSPS) is 21.7. The zero-order valence-electron chi connectivity index (χ0n) is 17.1. The summed E-state index contributed by atoms with van der Waals surface area (Å²) in [4.78, 5) is 31.0. The third kappa shape index (κ3) is 4.89. The summed E-state index contributed by atoms with van der Waals surface area (Å²) in [5.74, 6) is 0.962. The molecule has 3 heterocycles. The molecule has 0 bridgehead atoms. The highest BCUT2D eigenvalue weighted by Crippen LogP contribution is 2.29. The van der Waals surface area contributed by atoms with Crippen molar-refractivity contribution in [1.29, 1.82) is 0 Å². The van der Waals surface area contributed by atoms with E-state index in [0.717, 1.165) is 50.4 Å². The van der Waals surface area contributed by atoms with Gasteiger partial charge in [0, 0.05) is 50.8 Å². The van der Waals surface area contributed by atoms with E-state index in [-0.39, 0.29) is 17.7 Å². The summed E-state index contributed by atoms with van der Waals surface area (Å²) in [7, 11) is 4.08. The second-order valence-corrected chi connectivity index (χ2v) is 8.75. The molecule has 2 aliphatic rings. The molecule has 1 N–H and O–H groups in total. The lowest BCUT2D eigenvalue weighted by atomic mass is 9.92. The van der Waals surface area contributed by atoms with Crippen LogP contribution in [0.15, 0.2) is 6.07 Å². The molecule has 1 atom stereocenters. The minimum atomic E-state index is -0.162. The number of amides is 2. The van der Waals surface area contributed by atoms with E-state index in [9.17, 15) is 9.59 Å². The lowest BCUT2D eigenvalue weighted by Gasteiger charge is -2.33. The SMILES string of the molecule is CC(C)CN1CC(C(=O)N2CCC(c3cc(CN(C)C)[nH]n3)CC2)CC1=O. The number of piperidine rings is 1. The maximum Gasteiger partial charge on any atom is 0.227 e. The monoisotopic (exact) mass is 375 g/mol. The van der Waals surface area contributed by atoms with E-state index in [2.05, 4.69) is 35.0 Å². The summed E-state index contributed by atoms with van der Waals surface area (Å²) in [6, 6.07) is 2.15. The molecule has 0 radical (unpaired) electrons. The van der Waals surface area contributed by atoms with Crippen molar-refractivity contribution >= 4 is 11.8 Å². The average Bonchev–Trinajstić information content (AvgIpc) is 3.21. The van der Waals surface area contributed by atoms with Crippen LogP contribution in [0, 0.1) is 11.8 Å². The Bertz CT molecular complexity index is 661. The first-order chi connectivity index (χ1) is 12.8. The second-order valence-electron chi connectivity index (χ2n) is 8.75. The molecule has 2 fully saturated rings. The summed E-state index contributed by atoms with van der Waals surface area (Å²) >= 11 is 0. The molecular formula is C20H33N5O2. The van der Waals surface area contributed by atoms with Gasteiger partial charge >= 0.3 is 0 Å². The van der Waals surface area contributed by atoms with Crippen LogP contribution in [0.5, 0.6) is 0 Å². The van der Waals surface area contributed by atoms with Crippen molar-refractivity contribution in [3.63, 3.8) is 0 Å². The molecule has 7 nitrogen and oxygen atoms in total. The minimum absolute atomic E-state index is 0.127. The first kappa shape index (κ1) is 19.9. The van der Waals surface area contributed by atoms with Gasteiger partial charge in [-0.3, -0.25) is 14.7 Å². The van der Waals surface area contributed by atoms with Gasteiger partial charge in [0.2, 0.25) is 11.8 Å². The molecule has 0 spiro atoms. The Morgan fingerprint density at radius 3 is 2.67 bits per heavy atom. The fraction of sp³-hybridized carbons (Fsp3) is 0.750. The van der Waals surface area contributed by atoms with Crippen molar-refractivity contribution in [2.45, 2.75) is 45.6 Å². The molecule has 1 aromatic rings. The summed E-state index contributed by atoms with van der Waals surface area (Å²) in [6.07, 6.45) is 2.25.